The summed E-state index contributed by atoms with van der Waals surface area (Å²) in [5.74, 6) is -0.388. The Morgan fingerprint density at radius 3 is 2.53 bits per heavy atom. The summed E-state index contributed by atoms with van der Waals surface area (Å²) in [5.41, 5.74) is 10.9. The van der Waals surface area contributed by atoms with Crippen LogP contribution >= 0.6 is 0 Å². The molecule has 0 aliphatic rings. The minimum Gasteiger partial charge on any atom is -0.394 e. The van der Waals surface area contributed by atoms with Crippen molar-refractivity contribution in [2.45, 2.75) is 13.1 Å². The van der Waals surface area contributed by atoms with Crippen molar-refractivity contribution >= 4 is 11.4 Å². The summed E-state index contributed by atoms with van der Waals surface area (Å²) >= 11 is 0. The van der Waals surface area contributed by atoms with Crippen LogP contribution in [0.15, 0.2) is 27.8 Å². The first-order valence-corrected chi connectivity index (χ1v) is 5.73. The normalized spacial score (nSPS) is 10.9. The molecule has 0 fully saturated rings. The number of nitrogens with zero attached hydrogens (tertiary/aromatic N) is 1. The zero-order chi connectivity index (χ0) is 14.2. The molecule has 2 rings (SSSR count). The molecule has 0 saturated heterocycles. The van der Waals surface area contributed by atoms with Gasteiger partial charge in [0.2, 0.25) is 0 Å². The van der Waals surface area contributed by atoms with Gasteiger partial charge in [0.15, 0.2) is 0 Å². The van der Waals surface area contributed by atoms with E-state index >= 15 is 0 Å². The highest BCUT2D eigenvalue weighted by atomic mass is 19.1. The number of anilines is 2. The van der Waals surface area contributed by atoms with Crippen LogP contribution in [0.1, 0.15) is 11.1 Å². The summed E-state index contributed by atoms with van der Waals surface area (Å²) in [7, 11) is 1.58. The van der Waals surface area contributed by atoms with Crippen molar-refractivity contribution in [3.8, 4) is 0 Å². The van der Waals surface area contributed by atoms with Gasteiger partial charge >= 0.3 is 0 Å². The minimum atomic E-state index is -0.682. The average molecular weight is 263 g/mol. The largest absolute Gasteiger partial charge is 0.394 e. The second-order valence-electron chi connectivity index (χ2n) is 4.41. The van der Waals surface area contributed by atoms with Crippen LogP contribution in [0.25, 0.3) is 0 Å². The van der Waals surface area contributed by atoms with Crippen molar-refractivity contribution < 1.29 is 4.39 Å². The molecule has 0 aliphatic heterocycles. The monoisotopic (exact) mass is 263 g/mol. The summed E-state index contributed by atoms with van der Waals surface area (Å²) < 4.78 is 13.7. The fourth-order valence-electron chi connectivity index (χ4n) is 1.99. The molecule has 0 bridgehead atoms. The summed E-state index contributed by atoms with van der Waals surface area (Å²) in [6.07, 6.45) is 0. The lowest BCUT2D eigenvalue weighted by atomic mass is 10.1. The van der Waals surface area contributed by atoms with Gasteiger partial charge in [-0.2, -0.15) is 0 Å². The predicted molar refractivity (Wildman–Crippen MR) is 72.2 cm³/mol. The van der Waals surface area contributed by atoms with Crippen LogP contribution in [0.5, 0.6) is 0 Å². The molecule has 0 radical (unpaired) electrons. The SMILES string of the molecule is CN(Cc1cc(CN)ccc1F)c1c(N)c(=O)c1=O. The highest BCUT2D eigenvalue weighted by Gasteiger charge is 2.22. The Kier molecular flexibility index (Phi) is 3.35. The van der Waals surface area contributed by atoms with Gasteiger partial charge in [-0.1, -0.05) is 6.07 Å². The Morgan fingerprint density at radius 1 is 1.26 bits per heavy atom. The topological polar surface area (TPSA) is 89.4 Å². The van der Waals surface area contributed by atoms with Gasteiger partial charge in [0.1, 0.15) is 17.2 Å². The van der Waals surface area contributed by atoms with Gasteiger partial charge < -0.3 is 16.4 Å². The first-order valence-electron chi connectivity index (χ1n) is 5.73. The molecule has 0 aliphatic carbocycles. The minimum absolute atomic E-state index is 0.0668. The fraction of sp³-hybridized carbons (Fsp3) is 0.231. The molecule has 0 spiro atoms. The Bertz CT molecular complexity index is 690. The van der Waals surface area contributed by atoms with Crippen LogP contribution < -0.4 is 27.2 Å². The van der Waals surface area contributed by atoms with Crippen molar-refractivity contribution in [2.75, 3.05) is 17.7 Å². The number of hydrogen-bond donors (Lipinski definition) is 2. The van der Waals surface area contributed by atoms with E-state index in [0.29, 0.717) is 12.1 Å². The van der Waals surface area contributed by atoms with Crippen LogP contribution in [-0.2, 0) is 13.1 Å². The number of halogens is 1. The third-order valence-corrected chi connectivity index (χ3v) is 3.06. The molecule has 2 aromatic carbocycles. The Morgan fingerprint density at radius 2 is 1.95 bits per heavy atom. The van der Waals surface area contributed by atoms with E-state index in [1.54, 1.807) is 19.2 Å². The first kappa shape index (κ1) is 13.2. The highest BCUT2D eigenvalue weighted by molar-refractivity contribution is 5.72. The Hall–Kier alpha value is -2.21. The zero-order valence-electron chi connectivity index (χ0n) is 10.4. The summed E-state index contributed by atoms with van der Waals surface area (Å²) in [5, 5.41) is 0. The summed E-state index contributed by atoms with van der Waals surface area (Å²) in [6.45, 7) is 0.452. The van der Waals surface area contributed by atoms with E-state index < -0.39 is 10.9 Å². The van der Waals surface area contributed by atoms with Crippen LogP contribution in [0, 0.1) is 5.82 Å². The van der Waals surface area contributed by atoms with Crippen molar-refractivity contribution in [2.24, 2.45) is 5.73 Å². The quantitative estimate of drug-likeness (QED) is 0.764. The van der Waals surface area contributed by atoms with Gasteiger partial charge in [0, 0.05) is 25.7 Å². The van der Waals surface area contributed by atoms with Gasteiger partial charge in [-0.25, -0.2) is 4.39 Å². The van der Waals surface area contributed by atoms with E-state index in [1.807, 2.05) is 0 Å². The molecule has 19 heavy (non-hydrogen) atoms. The molecule has 6 heteroatoms. The number of rotatable bonds is 4. The third-order valence-electron chi connectivity index (χ3n) is 3.06. The molecular formula is C13H14FN3O2. The van der Waals surface area contributed by atoms with Crippen LogP contribution in [0.4, 0.5) is 15.8 Å². The lowest BCUT2D eigenvalue weighted by molar-refractivity contribution is 0.606. The maximum Gasteiger partial charge on any atom is 0.253 e. The molecule has 2 aromatic rings. The molecule has 0 saturated carbocycles. The summed E-state index contributed by atoms with van der Waals surface area (Å²) in [6, 6.07) is 4.56. The predicted octanol–water partition coefficient (Wildman–Crippen LogP) is 0.0990. The van der Waals surface area contributed by atoms with E-state index in [-0.39, 0.29) is 23.7 Å². The maximum atomic E-state index is 13.7. The van der Waals surface area contributed by atoms with E-state index in [1.165, 1.54) is 11.0 Å². The molecule has 5 nitrogen and oxygen atoms in total. The fourth-order valence-corrected chi connectivity index (χ4v) is 1.99. The highest BCUT2D eigenvalue weighted by Crippen LogP contribution is 2.19. The number of nitrogens with two attached hydrogens (primary N) is 2. The van der Waals surface area contributed by atoms with E-state index in [4.69, 9.17) is 11.5 Å². The lowest BCUT2D eigenvalue weighted by Gasteiger charge is -2.22. The van der Waals surface area contributed by atoms with E-state index in [2.05, 4.69) is 0 Å². The van der Waals surface area contributed by atoms with Gasteiger partial charge in [-0.05, 0) is 17.7 Å². The molecule has 0 amide bonds. The number of nitrogen functional groups attached to an aromatic ring is 1. The standard InChI is InChI=1S/C13H14FN3O2/c1-17(11-10(16)12(18)13(11)19)6-8-4-7(5-15)2-3-9(8)14/h2-4H,5-6,15-16H2,1H3. The van der Waals surface area contributed by atoms with Crippen molar-refractivity contribution in [1.29, 1.82) is 0 Å². The second-order valence-corrected chi connectivity index (χ2v) is 4.41. The molecule has 0 heterocycles. The first-order chi connectivity index (χ1) is 8.95. The van der Waals surface area contributed by atoms with Crippen molar-refractivity contribution in [3.63, 3.8) is 0 Å². The molecular weight excluding hydrogens is 249 g/mol. The smallest absolute Gasteiger partial charge is 0.253 e. The molecule has 0 atom stereocenters. The Labute approximate surface area is 108 Å². The van der Waals surface area contributed by atoms with Gasteiger partial charge in [-0.15, -0.1) is 0 Å². The van der Waals surface area contributed by atoms with Crippen molar-refractivity contribution in [3.05, 3.63) is 55.6 Å². The second kappa shape index (κ2) is 4.81. The number of hydrogen-bond acceptors (Lipinski definition) is 5. The molecule has 0 aromatic heterocycles. The number of benzene rings is 1. The van der Waals surface area contributed by atoms with E-state index in [9.17, 15) is 14.0 Å². The van der Waals surface area contributed by atoms with Crippen LogP contribution in [-0.4, -0.2) is 7.05 Å². The Balaban J connectivity index is 2.27. The molecule has 100 valence electrons. The molecule has 4 N–H and O–H groups in total. The van der Waals surface area contributed by atoms with Crippen LogP contribution in [0.3, 0.4) is 0 Å². The summed E-state index contributed by atoms with van der Waals surface area (Å²) in [4.78, 5) is 23.9. The van der Waals surface area contributed by atoms with Gasteiger partial charge in [0.05, 0.1) is 0 Å². The van der Waals surface area contributed by atoms with Gasteiger partial charge in [0.25, 0.3) is 10.9 Å². The molecule has 0 unspecified atom stereocenters. The lowest BCUT2D eigenvalue weighted by Crippen LogP contribution is -2.40. The average Bonchev–Trinajstić information content (AvgIpc) is 2.41. The van der Waals surface area contributed by atoms with E-state index in [0.717, 1.165) is 5.56 Å². The maximum absolute atomic E-state index is 13.7. The third kappa shape index (κ3) is 2.22. The van der Waals surface area contributed by atoms with Crippen LogP contribution in [0.2, 0.25) is 0 Å². The van der Waals surface area contributed by atoms with Gasteiger partial charge in [-0.3, -0.25) is 9.59 Å². The zero-order valence-corrected chi connectivity index (χ0v) is 10.4. The van der Waals surface area contributed by atoms with Crippen molar-refractivity contribution in [1.82, 2.24) is 0 Å².